The van der Waals surface area contributed by atoms with Crippen LogP contribution in [-0.4, -0.2) is 32.2 Å². The van der Waals surface area contributed by atoms with Crippen LogP contribution in [0.25, 0.3) is 0 Å². The maximum Gasteiger partial charge on any atom is 0.157 e. The molecular weight excluding hydrogens is 156 g/mol. The smallest absolute Gasteiger partial charge is 0.157 e. The van der Waals surface area contributed by atoms with Crippen LogP contribution in [0.2, 0.25) is 0 Å². The fourth-order valence-corrected chi connectivity index (χ4v) is 1.39. The summed E-state index contributed by atoms with van der Waals surface area (Å²) in [4.78, 5) is 0. The molecule has 2 unspecified atom stereocenters. The first-order valence-corrected chi connectivity index (χ1v) is 4.71. The molecule has 0 amide bonds. The summed E-state index contributed by atoms with van der Waals surface area (Å²) in [5, 5.41) is 0. The molecule has 1 aliphatic heterocycles. The highest BCUT2D eigenvalue weighted by Crippen LogP contribution is 2.16. The van der Waals surface area contributed by atoms with Crippen LogP contribution in [0.1, 0.15) is 26.7 Å². The van der Waals surface area contributed by atoms with E-state index in [1.165, 1.54) is 0 Å². The van der Waals surface area contributed by atoms with Crippen LogP contribution >= 0.6 is 0 Å². The van der Waals surface area contributed by atoms with Gasteiger partial charge in [-0.1, -0.05) is 0 Å². The van der Waals surface area contributed by atoms with Gasteiger partial charge in [-0.25, -0.2) is 0 Å². The monoisotopic (exact) mass is 174 g/mol. The summed E-state index contributed by atoms with van der Waals surface area (Å²) in [5.41, 5.74) is 0. The first kappa shape index (κ1) is 9.96. The van der Waals surface area contributed by atoms with E-state index in [1.807, 2.05) is 13.8 Å². The topological polar surface area (TPSA) is 27.7 Å². The minimum absolute atomic E-state index is 0.00621. The van der Waals surface area contributed by atoms with Crippen molar-refractivity contribution in [1.82, 2.24) is 0 Å². The largest absolute Gasteiger partial charge is 0.376 e. The molecule has 2 atom stereocenters. The van der Waals surface area contributed by atoms with Gasteiger partial charge in [0.15, 0.2) is 6.29 Å². The molecule has 0 saturated carbocycles. The number of rotatable bonds is 4. The van der Waals surface area contributed by atoms with Gasteiger partial charge in [0.05, 0.1) is 12.7 Å². The Labute approximate surface area is 74.0 Å². The van der Waals surface area contributed by atoms with E-state index >= 15 is 0 Å². The summed E-state index contributed by atoms with van der Waals surface area (Å²) >= 11 is 0. The fourth-order valence-electron chi connectivity index (χ4n) is 1.39. The van der Waals surface area contributed by atoms with Crippen molar-refractivity contribution in [3.63, 3.8) is 0 Å². The van der Waals surface area contributed by atoms with Crippen LogP contribution in [-0.2, 0) is 14.2 Å². The van der Waals surface area contributed by atoms with Gasteiger partial charge in [0.2, 0.25) is 0 Å². The SMILES string of the molecule is CCOC1CCC(OCC)OC1. The lowest BCUT2D eigenvalue weighted by Gasteiger charge is -2.28. The third-order valence-corrected chi connectivity index (χ3v) is 1.95. The van der Waals surface area contributed by atoms with Crippen LogP contribution in [0.5, 0.6) is 0 Å². The summed E-state index contributed by atoms with van der Waals surface area (Å²) < 4.78 is 16.2. The molecule has 1 aliphatic rings. The fraction of sp³-hybridized carbons (Fsp3) is 1.00. The number of hydrogen-bond acceptors (Lipinski definition) is 3. The van der Waals surface area contributed by atoms with E-state index < -0.39 is 0 Å². The molecule has 0 N–H and O–H groups in total. The molecule has 0 aromatic carbocycles. The highest BCUT2D eigenvalue weighted by molar-refractivity contribution is 4.64. The maximum atomic E-state index is 5.44. The minimum Gasteiger partial charge on any atom is -0.376 e. The zero-order chi connectivity index (χ0) is 8.81. The van der Waals surface area contributed by atoms with Gasteiger partial charge in [-0.2, -0.15) is 0 Å². The van der Waals surface area contributed by atoms with E-state index in [2.05, 4.69) is 0 Å². The standard InChI is InChI=1S/C9H18O3/c1-3-10-8-5-6-9(11-4-2)12-7-8/h8-9H,3-7H2,1-2H3. The summed E-state index contributed by atoms with van der Waals surface area (Å²) in [7, 11) is 0. The molecule has 0 aliphatic carbocycles. The third-order valence-electron chi connectivity index (χ3n) is 1.95. The molecule has 0 aromatic rings. The van der Waals surface area contributed by atoms with Gasteiger partial charge in [-0.15, -0.1) is 0 Å². The zero-order valence-corrected chi connectivity index (χ0v) is 7.91. The van der Waals surface area contributed by atoms with Crippen molar-refractivity contribution in [1.29, 1.82) is 0 Å². The Hall–Kier alpha value is -0.120. The van der Waals surface area contributed by atoms with Crippen LogP contribution in [0, 0.1) is 0 Å². The Morgan fingerprint density at radius 3 is 2.42 bits per heavy atom. The molecule has 1 heterocycles. The second kappa shape index (κ2) is 5.51. The second-order valence-electron chi connectivity index (χ2n) is 2.87. The normalized spacial score (nSPS) is 30.5. The molecule has 1 rings (SSSR count). The second-order valence-corrected chi connectivity index (χ2v) is 2.87. The van der Waals surface area contributed by atoms with Crippen LogP contribution in [0.15, 0.2) is 0 Å². The molecule has 72 valence electrons. The summed E-state index contributed by atoms with van der Waals surface area (Å²) in [5.74, 6) is 0. The van der Waals surface area contributed by atoms with Crippen molar-refractivity contribution in [2.24, 2.45) is 0 Å². The van der Waals surface area contributed by atoms with E-state index in [4.69, 9.17) is 14.2 Å². The van der Waals surface area contributed by atoms with Crippen molar-refractivity contribution in [3.05, 3.63) is 0 Å². The lowest BCUT2D eigenvalue weighted by atomic mass is 10.1. The van der Waals surface area contributed by atoms with E-state index in [1.54, 1.807) is 0 Å². The number of ether oxygens (including phenoxy) is 3. The van der Waals surface area contributed by atoms with Gasteiger partial charge in [-0.05, 0) is 20.3 Å². The van der Waals surface area contributed by atoms with Gasteiger partial charge >= 0.3 is 0 Å². The molecule has 3 nitrogen and oxygen atoms in total. The van der Waals surface area contributed by atoms with Gasteiger partial charge in [0, 0.05) is 19.6 Å². The third kappa shape index (κ3) is 3.09. The molecule has 3 heteroatoms. The lowest BCUT2D eigenvalue weighted by molar-refractivity contribution is -0.191. The Morgan fingerprint density at radius 2 is 1.92 bits per heavy atom. The number of hydrogen-bond donors (Lipinski definition) is 0. The van der Waals surface area contributed by atoms with Crippen molar-refractivity contribution in [2.45, 2.75) is 39.1 Å². The predicted octanol–water partition coefficient (Wildman–Crippen LogP) is 1.56. The highest BCUT2D eigenvalue weighted by Gasteiger charge is 2.21. The van der Waals surface area contributed by atoms with E-state index in [0.29, 0.717) is 6.61 Å². The van der Waals surface area contributed by atoms with Gasteiger partial charge < -0.3 is 14.2 Å². The van der Waals surface area contributed by atoms with Crippen LogP contribution in [0.3, 0.4) is 0 Å². The van der Waals surface area contributed by atoms with Gasteiger partial charge in [-0.3, -0.25) is 0 Å². The Balaban J connectivity index is 2.11. The molecule has 0 aromatic heterocycles. The van der Waals surface area contributed by atoms with Crippen molar-refractivity contribution >= 4 is 0 Å². The van der Waals surface area contributed by atoms with Crippen molar-refractivity contribution < 1.29 is 14.2 Å². The molecule has 0 bridgehead atoms. The predicted molar refractivity (Wildman–Crippen MR) is 46.0 cm³/mol. The Morgan fingerprint density at radius 1 is 1.17 bits per heavy atom. The molecule has 0 spiro atoms. The Bertz CT molecular complexity index is 94.3. The quantitative estimate of drug-likeness (QED) is 0.647. The molecule has 12 heavy (non-hydrogen) atoms. The molecule has 0 radical (unpaired) electrons. The minimum atomic E-state index is 0.00621. The van der Waals surface area contributed by atoms with Crippen molar-refractivity contribution in [2.75, 3.05) is 19.8 Å². The van der Waals surface area contributed by atoms with Crippen LogP contribution < -0.4 is 0 Å². The Kier molecular flexibility index (Phi) is 4.58. The van der Waals surface area contributed by atoms with Gasteiger partial charge in [0.25, 0.3) is 0 Å². The molecular formula is C9H18O3. The van der Waals surface area contributed by atoms with Crippen molar-refractivity contribution in [3.8, 4) is 0 Å². The van der Waals surface area contributed by atoms with E-state index in [-0.39, 0.29) is 12.4 Å². The van der Waals surface area contributed by atoms with Crippen LogP contribution in [0.4, 0.5) is 0 Å². The molecule has 1 fully saturated rings. The first-order valence-electron chi connectivity index (χ1n) is 4.71. The van der Waals surface area contributed by atoms with E-state index in [0.717, 1.165) is 26.1 Å². The average molecular weight is 174 g/mol. The highest BCUT2D eigenvalue weighted by atomic mass is 16.7. The van der Waals surface area contributed by atoms with Gasteiger partial charge in [0.1, 0.15) is 0 Å². The summed E-state index contributed by atoms with van der Waals surface area (Å²) in [6.45, 7) is 6.17. The average Bonchev–Trinajstić information content (AvgIpc) is 2.09. The zero-order valence-electron chi connectivity index (χ0n) is 7.91. The lowest BCUT2D eigenvalue weighted by Crippen LogP contribution is -2.32. The molecule has 1 saturated heterocycles. The first-order chi connectivity index (χ1) is 5.86. The van der Waals surface area contributed by atoms with E-state index in [9.17, 15) is 0 Å². The summed E-state index contributed by atoms with van der Waals surface area (Å²) in [6, 6.07) is 0. The maximum absolute atomic E-state index is 5.44. The summed E-state index contributed by atoms with van der Waals surface area (Å²) in [6.07, 6.45) is 2.30.